The van der Waals surface area contributed by atoms with Crippen LogP contribution in [-0.4, -0.2) is 22.0 Å². The molecule has 2 rings (SSSR count). The van der Waals surface area contributed by atoms with Crippen LogP contribution in [0.3, 0.4) is 0 Å². The van der Waals surface area contributed by atoms with E-state index in [1.807, 2.05) is 6.92 Å². The average Bonchev–Trinajstić information content (AvgIpc) is 2.48. The summed E-state index contributed by atoms with van der Waals surface area (Å²) in [6.45, 7) is 3.98. The number of hydrogen-bond donors (Lipinski definition) is 2. The number of aliphatic carboxylic acids is 1. The molecule has 0 radical (unpaired) electrons. The third kappa shape index (κ3) is 3.55. The minimum Gasteiger partial charge on any atom is -0.481 e. The van der Waals surface area contributed by atoms with Crippen LogP contribution < -0.4 is 5.32 Å². The number of nitro groups is 1. The molecule has 1 fully saturated rings. The SMILES string of the molecule is CCC(Cc1cc([N+](=O)[O-])ccc1NC1CCC1C)C(=O)O. The van der Waals surface area contributed by atoms with Gasteiger partial charge in [-0.2, -0.15) is 0 Å². The van der Waals surface area contributed by atoms with Gasteiger partial charge in [0.1, 0.15) is 0 Å². The second kappa shape index (κ2) is 6.77. The van der Waals surface area contributed by atoms with Gasteiger partial charge in [-0.3, -0.25) is 14.9 Å². The second-order valence-corrected chi connectivity index (χ2v) is 6.05. The molecule has 6 heteroatoms. The van der Waals surface area contributed by atoms with E-state index in [1.54, 1.807) is 6.07 Å². The number of non-ortho nitro benzene ring substituents is 1. The number of hydrogen-bond acceptors (Lipinski definition) is 4. The number of rotatable bonds is 7. The fourth-order valence-electron chi connectivity index (χ4n) is 2.76. The van der Waals surface area contributed by atoms with Crippen LogP contribution in [0, 0.1) is 22.0 Å². The molecule has 0 aliphatic heterocycles. The molecule has 3 unspecified atom stereocenters. The van der Waals surface area contributed by atoms with Gasteiger partial charge in [0.05, 0.1) is 10.8 Å². The standard InChI is InChI=1S/C16H22N2O4/c1-3-11(16(19)20)8-12-9-13(18(21)22)5-7-15(12)17-14-6-4-10(14)2/h5,7,9-11,14,17H,3-4,6,8H2,1-2H3,(H,19,20). The average molecular weight is 306 g/mol. The van der Waals surface area contributed by atoms with Gasteiger partial charge in [0.2, 0.25) is 0 Å². The Morgan fingerprint density at radius 2 is 2.23 bits per heavy atom. The van der Waals surface area contributed by atoms with Crippen LogP contribution in [0.4, 0.5) is 11.4 Å². The lowest BCUT2D eigenvalue weighted by Gasteiger charge is -2.36. The summed E-state index contributed by atoms with van der Waals surface area (Å²) in [6.07, 6.45) is 3.05. The molecule has 0 aromatic heterocycles. The van der Waals surface area contributed by atoms with E-state index in [0.29, 0.717) is 30.4 Å². The molecule has 0 spiro atoms. The summed E-state index contributed by atoms with van der Waals surface area (Å²) in [5.41, 5.74) is 1.53. The molecular formula is C16H22N2O4. The lowest BCUT2D eigenvalue weighted by Crippen LogP contribution is -2.36. The zero-order valence-corrected chi connectivity index (χ0v) is 12.9. The molecule has 0 bridgehead atoms. The summed E-state index contributed by atoms with van der Waals surface area (Å²) in [6, 6.07) is 5.03. The van der Waals surface area contributed by atoms with Crippen LogP contribution in [0.5, 0.6) is 0 Å². The highest BCUT2D eigenvalue weighted by molar-refractivity contribution is 5.71. The van der Waals surface area contributed by atoms with Crippen LogP contribution >= 0.6 is 0 Å². The molecule has 2 N–H and O–H groups in total. The van der Waals surface area contributed by atoms with Gasteiger partial charge >= 0.3 is 5.97 Å². The van der Waals surface area contributed by atoms with Crippen molar-refractivity contribution in [2.75, 3.05) is 5.32 Å². The van der Waals surface area contributed by atoms with Crippen molar-refractivity contribution in [3.05, 3.63) is 33.9 Å². The van der Waals surface area contributed by atoms with E-state index < -0.39 is 16.8 Å². The van der Waals surface area contributed by atoms with Gasteiger partial charge in [-0.25, -0.2) is 0 Å². The van der Waals surface area contributed by atoms with Crippen LogP contribution in [0.2, 0.25) is 0 Å². The van der Waals surface area contributed by atoms with Crippen molar-refractivity contribution in [2.24, 2.45) is 11.8 Å². The third-order valence-electron chi connectivity index (χ3n) is 4.57. The number of nitrogens with zero attached hydrogens (tertiary/aromatic N) is 1. The highest BCUT2D eigenvalue weighted by Gasteiger charge is 2.28. The molecule has 1 aromatic rings. The fraction of sp³-hybridized carbons (Fsp3) is 0.562. The third-order valence-corrected chi connectivity index (χ3v) is 4.57. The topological polar surface area (TPSA) is 92.5 Å². The van der Waals surface area contributed by atoms with Gasteiger partial charge in [-0.15, -0.1) is 0 Å². The van der Waals surface area contributed by atoms with E-state index in [4.69, 9.17) is 0 Å². The van der Waals surface area contributed by atoms with E-state index in [9.17, 15) is 20.0 Å². The summed E-state index contributed by atoms with van der Waals surface area (Å²) >= 11 is 0. The maximum Gasteiger partial charge on any atom is 0.306 e. The highest BCUT2D eigenvalue weighted by Crippen LogP contribution is 2.33. The first-order chi connectivity index (χ1) is 10.4. The van der Waals surface area contributed by atoms with Crippen LogP contribution in [0.15, 0.2) is 18.2 Å². The van der Waals surface area contributed by atoms with Crippen LogP contribution in [0.25, 0.3) is 0 Å². The van der Waals surface area contributed by atoms with Crippen molar-refractivity contribution < 1.29 is 14.8 Å². The van der Waals surface area contributed by atoms with Gasteiger partial charge in [-0.1, -0.05) is 13.8 Å². The van der Waals surface area contributed by atoms with Gasteiger partial charge < -0.3 is 10.4 Å². The Balaban J connectivity index is 2.26. The number of nitrogens with one attached hydrogen (secondary N) is 1. The van der Waals surface area contributed by atoms with E-state index >= 15 is 0 Å². The Morgan fingerprint density at radius 3 is 2.68 bits per heavy atom. The number of anilines is 1. The van der Waals surface area contributed by atoms with Gasteiger partial charge in [0.15, 0.2) is 0 Å². The number of nitro benzene ring substituents is 1. The summed E-state index contributed by atoms with van der Waals surface area (Å²) in [4.78, 5) is 21.8. The fourth-order valence-corrected chi connectivity index (χ4v) is 2.76. The highest BCUT2D eigenvalue weighted by atomic mass is 16.6. The Kier molecular flexibility index (Phi) is 5.00. The predicted octanol–water partition coefficient (Wildman–Crippen LogP) is 3.46. The zero-order valence-electron chi connectivity index (χ0n) is 12.9. The molecular weight excluding hydrogens is 284 g/mol. The predicted molar refractivity (Wildman–Crippen MR) is 84.0 cm³/mol. The lowest BCUT2D eigenvalue weighted by atomic mass is 9.81. The molecule has 0 amide bonds. The summed E-state index contributed by atoms with van der Waals surface area (Å²) < 4.78 is 0. The molecule has 1 saturated carbocycles. The minimum absolute atomic E-state index is 0.00227. The van der Waals surface area contributed by atoms with Crippen LogP contribution in [0.1, 0.15) is 38.7 Å². The zero-order chi connectivity index (χ0) is 16.3. The van der Waals surface area contributed by atoms with E-state index in [1.165, 1.54) is 18.6 Å². The maximum atomic E-state index is 11.3. The molecule has 1 aliphatic carbocycles. The smallest absolute Gasteiger partial charge is 0.306 e. The first-order valence-corrected chi connectivity index (χ1v) is 7.69. The quantitative estimate of drug-likeness (QED) is 0.594. The Morgan fingerprint density at radius 1 is 1.50 bits per heavy atom. The normalized spacial score (nSPS) is 21.7. The Hall–Kier alpha value is -2.11. The number of carboxylic acids is 1. The lowest BCUT2D eigenvalue weighted by molar-refractivity contribution is -0.384. The van der Waals surface area contributed by atoms with Gasteiger partial charge in [0.25, 0.3) is 5.69 Å². The minimum atomic E-state index is -0.864. The molecule has 1 aromatic carbocycles. The summed E-state index contributed by atoms with van der Waals surface area (Å²) in [5, 5.41) is 23.6. The molecule has 3 atom stereocenters. The van der Waals surface area contributed by atoms with E-state index in [0.717, 1.165) is 12.1 Å². The largest absolute Gasteiger partial charge is 0.481 e. The molecule has 0 heterocycles. The van der Waals surface area contributed by atoms with E-state index in [2.05, 4.69) is 12.2 Å². The molecule has 6 nitrogen and oxygen atoms in total. The van der Waals surface area contributed by atoms with Crippen LogP contribution in [-0.2, 0) is 11.2 Å². The second-order valence-electron chi connectivity index (χ2n) is 6.05. The molecule has 22 heavy (non-hydrogen) atoms. The number of carboxylic acid groups (broad SMARTS) is 1. The molecule has 1 aliphatic rings. The van der Waals surface area contributed by atoms with E-state index in [-0.39, 0.29) is 5.69 Å². The molecule has 0 saturated heterocycles. The van der Waals surface area contributed by atoms with Crippen molar-refractivity contribution in [3.63, 3.8) is 0 Å². The Bertz CT molecular complexity index is 573. The van der Waals surface area contributed by atoms with Crippen molar-refractivity contribution in [1.82, 2.24) is 0 Å². The van der Waals surface area contributed by atoms with Gasteiger partial charge in [0, 0.05) is 23.9 Å². The van der Waals surface area contributed by atoms with Crippen molar-refractivity contribution in [3.8, 4) is 0 Å². The molecule has 120 valence electrons. The first-order valence-electron chi connectivity index (χ1n) is 7.69. The Labute approximate surface area is 129 Å². The van der Waals surface area contributed by atoms with Crippen molar-refractivity contribution in [1.29, 1.82) is 0 Å². The van der Waals surface area contributed by atoms with Crippen molar-refractivity contribution in [2.45, 2.75) is 45.6 Å². The monoisotopic (exact) mass is 306 g/mol. The number of carbonyl (C=O) groups is 1. The maximum absolute atomic E-state index is 11.3. The van der Waals surface area contributed by atoms with Crippen molar-refractivity contribution >= 4 is 17.3 Å². The summed E-state index contributed by atoms with van der Waals surface area (Å²) in [5.74, 6) is -0.817. The first kappa shape index (κ1) is 16.3. The van der Waals surface area contributed by atoms with Gasteiger partial charge in [-0.05, 0) is 43.2 Å². The number of benzene rings is 1. The summed E-state index contributed by atoms with van der Waals surface area (Å²) in [7, 11) is 0.